The fourth-order valence-corrected chi connectivity index (χ4v) is 5.47. The third-order valence-corrected chi connectivity index (χ3v) is 6.85. The van der Waals surface area contributed by atoms with Crippen LogP contribution in [0.1, 0.15) is 37.5 Å². The van der Waals surface area contributed by atoms with Crippen molar-refractivity contribution in [2.75, 3.05) is 5.32 Å². The number of fused-ring (bicyclic) bond motifs is 8. The highest BCUT2D eigenvalue weighted by Gasteiger charge is 2.40. The lowest BCUT2D eigenvalue weighted by Crippen LogP contribution is -2.23. The van der Waals surface area contributed by atoms with Gasteiger partial charge in [-0.25, -0.2) is 0 Å². The monoisotopic (exact) mass is 349 g/mol. The Balaban J connectivity index is 1.64. The van der Waals surface area contributed by atoms with E-state index >= 15 is 0 Å². The number of benzene rings is 3. The van der Waals surface area contributed by atoms with Crippen LogP contribution in [0.3, 0.4) is 0 Å². The first-order valence-electron chi connectivity index (χ1n) is 9.92. The predicted molar refractivity (Wildman–Crippen MR) is 115 cm³/mol. The second-order valence-electron chi connectivity index (χ2n) is 8.77. The minimum absolute atomic E-state index is 0.00818. The Morgan fingerprint density at radius 3 is 2.67 bits per heavy atom. The highest BCUT2D eigenvalue weighted by Crippen LogP contribution is 2.54. The SMILES string of the molecule is CC1C=CC=C2c3cc4c(cc3NC21)C(C)(C)c1c-4ccc2ccccc12. The molecule has 0 spiro atoms. The van der Waals surface area contributed by atoms with E-state index in [2.05, 4.69) is 92.8 Å². The average Bonchev–Trinajstić information content (AvgIpc) is 3.15. The van der Waals surface area contributed by atoms with Crippen molar-refractivity contribution in [2.24, 2.45) is 5.92 Å². The number of anilines is 1. The molecule has 0 radical (unpaired) electrons. The zero-order chi connectivity index (χ0) is 18.3. The predicted octanol–water partition coefficient (Wildman–Crippen LogP) is 6.53. The van der Waals surface area contributed by atoms with Crippen LogP contribution < -0.4 is 5.32 Å². The van der Waals surface area contributed by atoms with E-state index in [9.17, 15) is 0 Å². The molecular weight excluding hydrogens is 326 g/mol. The van der Waals surface area contributed by atoms with Crippen molar-refractivity contribution in [2.45, 2.75) is 32.2 Å². The van der Waals surface area contributed by atoms with Crippen LogP contribution in [0, 0.1) is 5.92 Å². The van der Waals surface area contributed by atoms with Gasteiger partial charge in [0.1, 0.15) is 0 Å². The van der Waals surface area contributed by atoms with Gasteiger partial charge in [-0.15, -0.1) is 0 Å². The van der Waals surface area contributed by atoms with Crippen LogP contribution in [-0.2, 0) is 5.41 Å². The fourth-order valence-electron chi connectivity index (χ4n) is 5.47. The standard InChI is InChI=1S/C26H23N/c1-15-7-6-10-19-21-13-20-18-12-11-16-8-4-5-9-17(16)24(18)26(2,3)22(20)14-23(21)27-25(15)19/h4-15,25,27H,1-3H3. The Kier molecular flexibility index (Phi) is 2.78. The second-order valence-corrected chi connectivity index (χ2v) is 8.77. The number of rotatable bonds is 0. The Morgan fingerprint density at radius 2 is 1.78 bits per heavy atom. The summed E-state index contributed by atoms with van der Waals surface area (Å²) in [6.07, 6.45) is 6.80. The molecule has 3 aromatic carbocycles. The molecule has 1 heteroatoms. The van der Waals surface area contributed by atoms with Gasteiger partial charge in [-0.1, -0.05) is 75.4 Å². The van der Waals surface area contributed by atoms with Crippen molar-refractivity contribution in [3.05, 3.63) is 83.4 Å². The Bertz CT molecular complexity index is 1190. The quantitative estimate of drug-likeness (QED) is 0.486. The molecular formula is C26H23N. The Hall–Kier alpha value is -2.80. The summed E-state index contributed by atoms with van der Waals surface area (Å²) in [4.78, 5) is 0. The lowest BCUT2D eigenvalue weighted by molar-refractivity contribution is 0.665. The zero-order valence-corrected chi connectivity index (χ0v) is 16.0. The van der Waals surface area contributed by atoms with Crippen molar-refractivity contribution in [1.29, 1.82) is 0 Å². The van der Waals surface area contributed by atoms with E-state index in [1.807, 2.05) is 0 Å². The number of nitrogens with one attached hydrogen (secondary N) is 1. The number of hydrogen-bond donors (Lipinski definition) is 1. The normalized spacial score (nSPS) is 23.3. The molecule has 3 aromatic rings. The van der Waals surface area contributed by atoms with Gasteiger partial charge in [0.2, 0.25) is 0 Å². The summed E-state index contributed by atoms with van der Waals surface area (Å²) in [6, 6.07) is 18.7. The van der Waals surface area contributed by atoms with Gasteiger partial charge in [-0.3, -0.25) is 0 Å². The molecule has 0 saturated carbocycles. The van der Waals surface area contributed by atoms with Gasteiger partial charge in [0, 0.05) is 16.7 Å². The third-order valence-electron chi connectivity index (χ3n) is 6.85. The first-order valence-corrected chi connectivity index (χ1v) is 9.92. The summed E-state index contributed by atoms with van der Waals surface area (Å²) in [5, 5.41) is 6.51. The van der Waals surface area contributed by atoms with Crippen LogP contribution in [0.5, 0.6) is 0 Å². The second kappa shape index (κ2) is 4.92. The minimum Gasteiger partial charge on any atom is -0.377 e. The van der Waals surface area contributed by atoms with Gasteiger partial charge >= 0.3 is 0 Å². The van der Waals surface area contributed by atoms with Crippen molar-refractivity contribution in [1.82, 2.24) is 0 Å². The molecule has 2 aliphatic carbocycles. The van der Waals surface area contributed by atoms with E-state index < -0.39 is 0 Å². The lowest BCUT2D eigenvalue weighted by Gasteiger charge is -2.23. The van der Waals surface area contributed by atoms with Crippen molar-refractivity contribution in [3.8, 4) is 11.1 Å². The Labute approximate surface area is 160 Å². The molecule has 1 nitrogen and oxygen atoms in total. The molecule has 0 saturated heterocycles. The summed E-state index contributed by atoms with van der Waals surface area (Å²) in [7, 11) is 0. The zero-order valence-electron chi connectivity index (χ0n) is 16.0. The maximum atomic E-state index is 3.80. The van der Waals surface area contributed by atoms with Crippen LogP contribution in [-0.4, -0.2) is 6.04 Å². The van der Waals surface area contributed by atoms with Crippen LogP contribution in [0.25, 0.3) is 27.5 Å². The largest absolute Gasteiger partial charge is 0.377 e. The maximum Gasteiger partial charge on any atom is 0.0580 e. The summed E-state index contributed by atoms with van der Waals surface area (Å²) < 4.78 is 0. The van der Waals surface area contributed by atoms with Crippen LogP contribution >= 0.6 is 0 Å². The molecule has 1 heterocycles. The first-order chi connectivity index (χ1) is 13.1. The lowest BCUT2D eigenvalue weighted by atomic mass is 9.80. The van der Waals surface area contributed by atoms with E-state index in [0.717, 1.165) is 0 Å². The minimum atomic E-state index is 0.00818. The summed E-state index contributed by atoms with van der Waals surface area (Å²) in [6.45, 7) is 7.05. The molecule has 132 valence electrons. The van der Waals surface area contributed by atoms with E-state index in [1.165, 1.54) is 49.9 Å². The van der Waals surface area contributed by atoms with Crippen molar-refractivity contribution in [3.63, 3.8) is 0 Å². The molecule has 0 aromatic heterocycles. The first kappa shape index (κ1) is 15.3. The molecule has 0 bridgehead atoms. The van der Waals surface area contributed by atoms with Gasteiger partial charge in [-0.2, -0.15) is 0 Å². The van der Waals surface area contributed by atoms with E-state index in [1.54, 1.807) is 0 Å². The average molecular weight is 349 g/mol. The van der Waals surface area contributed by atoms with Gasteiger partial charge in [0.05, 0.1) is 6.04 Å². The number of hydrogen-bond acceptors (Lipinski definition) is 1. The summed E-state index contributed by atoms with van der Waals surface area (Å²) in [5.74, 6) is 0.525. The van der Waals surface area contributed by atoms with E-state index in [0.29, 0.717) is 12.0 Å². The molecule has 3 aliphatic rings. The molecule has 0 amide bonds. The molecule has 6 rings (SSSR count). The van der Waals surface area contributed by atoms with E-state index in [-0.39, 0.29) is 5.41 Å². The summed E-state index contributed by atoms with van der Waals surface area (Å²) >= 11 is 0. The highest BCUT2D eigenvalue weighted by molar-refractivity contribution is 6.00. The molecule has 2 atom stereocenters. The molecule has 27 heavy (non-hydrogen) atoms. The highest BCUT2D eigenvalue weighted by atomic mass is 15.0. The molecule has 2 unspecified atom stereocenters. The molecule has 1 aliphatic heterocycles. The maximum absolute atomic E-state index is 3.80. The van der Waals surface area contributed by atoms with Crippen LogP contribution in [0.4, 0.5) is 5.69 Å². The molecule has 1 N–H and O–H groups in total. The smallest absolute Gasteiger partial charge is 0.0580 e. The van der Waals surface area contributed by atoms with Gasteiger partial charge < -0.3 is 5.32 Å². The van der Waals surface area contributed by atoms with Crippen molar-refractivity contribution < 1.29 is 0 Å². The topological polar surface area (TPSA) is 12.0 Å². The van der Waals surface area contributed by atoms with Gasteiger partial charge in [0.15, 0.2) is 0 Å². The fraction of sp³-hybridized carbons (Fsp3) is 0.231. The Morgan fingerprint density at radius 1 is 0.926 bits per heavy atom. The molecule has 0 fully saturated rings. The van der Waals surface area contributed by atoms with Crippen LogP contribution in [0.2, 0.25) is 0 Å². The van der Waals surface area contributed by atoms with Gasteiger partial charge in [0.25, 0.3) is 0 Å². The summed E-state index contributed by atoms with van der Waals surface area (Å²) in [5.41, 5.74) is 9.85. The third kappa shape index (κ3) is 1.84. The van der Waals surface area contributed by atoms with Gasteiger partial charge in [-0.05, 0) is 56.6 Å². The number of allylic oxidation sites excluding steroid dienone is 2. The van der Waals surface area contributed by atoms with Crippen LogP contribution in [0.15, 0.2) is 66.8 Å². The van der Waals surface area contributed by atoms with E-state index in [4.69, 9.17) is 0 Å². The van der Waals surface area contributed by atoms with Crippen molar-refractivity contribution >= 4 is 22.0 Å².